The van der Waals surface area contributed by atoms with Crippen molar-refractivity contribution in [1.29, 1.82) is 0 Å². The molecule has 0 aliphatic carbocycles. The number of halogens is 1. The van der Waals surface area contributed by atoms with E-state index in [9.17, 15) is 0 Å². The number of ether oxygens (including phenoxy) is 1. The second kappa shape index (κ2) is 10.5. The molecule has 0 N–H and O–H groups in total. The first-order chi connectivity index (χ1) is 15.8. The molecule has 33 heavy (non-hydrogen) atoms. The monoisotopic (exact) mass is 499 g/mol. The van der Waals surface area contributed by atoms with Crippen molar-refractivity contribution < 1.29 is 26.3 Å². The Morgan fingerprint density at radius 2 is 1.39 bits per heavy atom. The van der Waals surface area contributed by atoms with Gasteiger partial charge in [0.25, 0.3) is 0 Å². The van der Waals surface area contributed by atoms with E-state index in [1.807, 2.05) is 24.4 Å². The highest BCUT2D eigenvalue weighted by Gasteiger charge is 2.17. The van der Waals surface area contributed by atoms with Crippen LogP contribution in [-0.2, 0) is 19.4 Å². The predicted molar refractivity (Wildman–Crippen MR) is 126 cm³/mol. The molecule has 2 heterocycles. The summed E-state index contributed by atoms with van der Waals surface area (Å²) in [4.78, 5) is 4.64. The summed E-state index contributed by atoms with van der Waals surface area (Å²) in [6.07, 6.45) is 7.97. The number of hydrogen-bond donors (Lipinski definition) is 0. The van der Waals surface area contributed by atoms with Gasteiger partial charge in [0.05, 0.1) is 19.9 Å². The molecule has 0 aliphatic heterocycles. The maximum Gasteiger partial charge on any atom is 0.403 e. The Kier molecular flexibility index (Phi) is 7.20. The Hall–Kier alpha value is -3.44. The zero-order valence-corrected chi connectivity index (χ0v) is 20.2. The summed E-state index contributed by atoms with van der Waals surface area (Å²) < 4.78 is 9.67. The summed E-state index contributed by atoms with van der Waals surface area (Å²) in [7, 11) is 1.69. The molecule has 2 aromatic heterocycles. The quantitative estimate of drug-likeness (QED) is 0.320. The van der Waals surface area contributed by atoms with Gasteiger partial charge in [0.15, 0.2) is 0 Å². The van der Waals surface area contributed by atoms with Gasteiger partial charge >= 0.3 is 5.78 Å². The number of methoxy groups -OCH3 is 1. The highest BCUT2D eigenvalue weighted by Crippen LogP contribution is 2.15. The maximum absolute atomic E-state index is 5.28. The lowest BCUT2D eigenvalue weighted by Gasteiger charge is -2.04. The van der Waals surface area contributed by atoms with Crippen molar-refractivity contribution in [2.75, 3.05) is 7.11 Å². The lowest BCUT2D eigenvalue weighted by Crippen LogP contribution is -3.00. The first-order valence-electron chi connectivity index (χ1n) is 10.9. The molecule has 5 aromatic rings. The molecule has 0 bridgehead atoms. The molecule has 166 valence electrons. The summed E-state index contributed by atoms with van der Waals surface area (Å²) >= 11 is 0. The van der Waals surface area contributed by atoms with Crippen LogP contribution in [0, 0.1) is 0 Å². The Labute approximate surface area is 204 Å². The van der Waals surface area contributed by atoms with Gasteiger partial charge in [-0.15, -0.1) is 0 Å². The third-order valence-corrected chi connectivity index (χ3v) is 5.77. The highest BCUT2D eigenvalue weighted by atomic mass is 79.9. The normalized spacial score (nSPS) is 10.7. The van der Waals surface area contributed by atoms with Crippen molar-refractivity contribution in [1.82, 2.24) is 9.38 Å². The van der Waals surface area contributed by atoms with E-state index in [2.05, 4.69) is 93.1 Å². The number of hydrogen-bond acceptors (Lipinski definition) is 2. The molecule has 0 spiro atoms. The van der Waals surface area contributed by atoms with Gasteiger partial charge < -0.3 is 21.7 Å². The lowest BCUT2D eigenvalue weighted by atomic mass is 10.0. The lowest BCUT2D eigenvalue weighted by molar-refractivity contribution is -0.664. The van der Waals surface area contributed by atoms with Gasteiger partial charge in [-0.3, -0.25) is 0 Å². The van der Waals surface area contributed by atoms with Crippen molar-refractivity contribution >= 4 is 5.78 Å². The minimum atomic E-state index is 0. The molecular formula is C28H26BrN3O. The van der Waals surface area contributed by atoms with Crippen LogP contribution in [0.5, 0.6) is 5.75 Å². The van der Waals surface area contributed by atoms with Crippen molar-refractivity contribution in [2.24, 2.45) is 0 Å². The van der Waals surface area contributed by atoms with E-state index >= 15 is 0 Å². The molecule has 0 aliphatic rings. The second-order valence-electron chi connectivity index (χ2n) is 8.04. The van der Waals surface area contributed by atoms with E-state index in [0.29, 0.717) is 0 Å². The second-order valence-corrected chi connectivity index (χ2v) is 8.04. The van der Waals surface area contributed by atoms with Crippen LogP contribution < -0.4 is 26.3 Å². The molecule has 5 rings (SSSR count). The van der Waals surface area contributed by atoms with Gasteiger partial charge in [-0.05, 0) is 40.8 Å². The highest BCUT2D eigenvalue weighted by molar-refractivity contribution is 5.33. The van der Waals surface area contributed by atoms with Crippen molar-refractivity contribution in [3.8, 4) is 5.75 Å². The molecule has 0 saturated heterocycles. The zero-order chi connectivity index (χ0) is 21.8. The number of fused-ring (bicyclic) bond motifs is 1. The van der Waals surface area contributed by atoms with Crippen LogP contribution >= 0.6 is 0 Å². The number of benzene rings is 3. The van der Waals surface area contributed by atoms with E-state index in [1.165, 1.54) is 27.9 Å². The minimum Gasteiger partial charge on any atom is -1.00 e. The van der Waals surface area contributed by atoms with Crippen molar-refractivity contribution in [2.45, 2.75) is 19.4 Å². The first-order valence-corrected chi connectivity index (χ1v) is 10.9. The van der Waals surface area contributed by atoms with E-state index in [0.717, 1.165) is 30.9 Å². The van der Waals surface area contributed by atoms with Gasteiger partial charge in [0, 0.05) is 12.5 Å². The summed E-state index contributed by atoms with van der Waals surface area (Å²) in [6.45, 7) is 0.764. The molecule has 0 radical (unpaired) electrons. The predicted octanol–water partition coefficient (Wildman–Crippen LogP) is 1.86. The summed E-state index contributed by atoms with van der Waals surface area (Å²) in [5.41, 5.74) is 6.39. The average Bonchev–Trinajstić information content (AvgIpc) is 3.18. The SMILES string of the molecule is COc1ccc(C[n+]2cc(Cc3ccc(Cc4ccccc4)cc3)n3cccnc32)cc1.[Br-]. The third kappa shape index (κ3) is 5.32. The van der Waals surface area contributed by atoms with Crippen molar-refractivity contribution in [3.05, 3.63) is 131 Å². The molecule has 0 unspecified atom stereocenters. The summed E-state index contributed by atoms with van der Waals surface area (Å²) in [5, 5.41) is 0. The van der Waals surface area contributed by atoms with Crippen LogP contribution in [0.1, 0.15) is 27.9 Å². The number of aromatic nitrogens is 3. The standard InChI is InChI=1S/C28H26N3O.BrH/c1-32-27-14-12-25(13-15-27)20-30-21-26(31-17-5-16-29-28(30)31)19-24-10-8-23(9-11-24)18-22-6-3-2-4-7-22;/h2-17,21H,18-20H2,1H3;1H/q+1;/p-1. The Morgan fingerprint density at radius 3 is 2.09 bits per heavy atom. The topological polar surface area (TPSA) is 30.4 Å². The van der Waals surface area contributed by atoms with Gasteiger partial charge in [-0.25, -0.2) is 8.97 Å². The van der Waals surface area contributed by atoms with Gasteiger partial charge in [0.2, 0.25) is 0 Å². The summed E-state index contributed by atoms with van der Waals surface area (Å²) in [5.74, 6) is 1.81. The Bertz CT molecular complexity index is 1310. The Morgan fingerprint density at radius 1 is 0.758 bits per heavy atom. The van der Waals surface area contributed by atoms with E-state index in [4.69, 9.17) is 4.74 Å². The number of rotatable bonds is 7. The van der Waals surface area contributed by atoms with E-state index in [-0.39, 0.29) is 17.0 Å². The fraction of sp³-hybridized carbons (Fsp3) is 0.143. The zero-order valence-electron chi connectivity index (χ0n) is 18.6. The van der Waals surface area contributed by atoms with Crippen LogP contribution in [-0.4, -0.2) is 16.5 Å². The van der Waals surface area contributed by atoms with Crippen LogP contribution in [0.4, 0.5) is 0 Å². The minimum absolute atomic E-state index is 0. The van der Waals surface area contributed by atoms with Crippen LogP contribution in [0.25, 0.3) is 5.78 Å². The van der Waals surface area contributed by atoms with Crippen LogP contribution in [0.3, 0.4) is 0 Å². The van der Waals surface area contributed by atoms with E-state index < -0.39 is 0 Å². The third-order valence-electron chi connectivity index (χ3n) is 5.77. The molecule has 0 atom stereocenters. The first kappa shape index (κ1) is 22.7. The van der Waals surface area contributed by atoms with Crippen LogP contribution in [0.2, 0.25) is 0 Å². The Balaban J connectivity index is 0.00000259. The molecule has 4 nitrogen and oxygen atoms in total. The van der Waals surface area contributed by atoms with Crippen molar-refractivity contribution in [3.63, 3.8) is 0 Å². The molecule has 5 heteroatoms. The number of nitrogens with zero attached hydrogens (tertiary/aromatic N) is 3. The summed E-state index contributed by atoms with van der Waals surface area (Å²) in [6, 6.07) is 29.7. The van der Waals surface area contributed by atoms with Crippen LogP contribution in [0.15, 0.2) is 104 Å². The van der Waals surface area contributed by atoms with Gasteiger partial charge in [-0.2, -0.15) is 0 Å². The number of imidazole rings is 1. The molecule has 0 amide bonds. The molecular weight excluding hydrogens is 474 g/mol. The van der Waals surface area contributed by atoms with Gasteiger partial charge in [0.1, 0.15) is 23.8 Å². The smallest absolute Gasteiger partial charge is 0.403 e. The van der Waals surface area contributed by atoms with Gasteiger partial charge in [-0.1, -0.05) is 71.7 Å². The maximum atomic E-state index is 5.28. The molecule has 0 fully saturated rings. The largest absolute Gasteiger partial charge is 1.00 e. The average molecular weight is 500 g/mol. The molecule has 0 saturated carbocycles. The van der Waals surface area contributed by atoms with E-state index in [1.54, 1.807) is 7.11 Å². The molecule has 3 aromatic carbocycles. The fourth-order valence-corrected chi connectivity index (χ4v) is 4.09. The fourth-order valence-electron chi connectivity index (χ4n) is 4.09.